The molecular weight excluding hydrogens is 751 g/mol. The molecule has 1 aliphatic carbocycles. The van der Waals surface area contributed by atoms with E-state index in [1.54, 1.807) is 31.3 Å². The second kappa shape index (κ2) is 14.7. The molecule has 16 heteroatoms. The maximum Gasteiger partial charge on any atom is 0.270 e. The second-order valence-corrected chi connectivity index (χ2v) is 17.3. The zero-order valence-corrected chi connectivity index (χ0v) is 33.5. The van der Waals surface area contributed by atoms with Crippen molar-refractivity contribution in [3.8, 4) is 0 Å². The van der Waals surface area contributed by atoms with E-state index in [0.29, 0.717) is 46.6 Å². The molecule has 306 valence electrons. The van der Waals surface area contributed by atoms with Crippen molar-refractivity contribution in [2.75, 3.05) is 61.9 Å². The molecule has 10 rings (SSSR count). The van der Waals surface area contributed by atoms with Crippen molar-refractivity contribution in [2.45, 2.75) is 82.0 Å². The number of amides is 5. The van der Waals surface area contributed by atoms with Crippen molar-refractivity contribution in [2.24, 2.45) is 5.92 Å². The molecule has 5 amide bonds. The highest BCUT2D eigenvalue weighted by Gasteiger charge is 2.47. The standard InChI is InChI=1S/C43H49N11O5/c1-49(2)42(59)35-17-26-20-45-43(48-38(26)53(35)27-5-3-4-6-27)46-36-11-8-29(21-44-36)50-15-13-25(14-16-50)22-51-23-31-18-30(51)24-52(31)28-7-9-32-33(19-28)41(58)54(40(32)57)34-10-12-37(55)47-39(34)56/h7-9,11,17,19-21,25,27,30-31,34H,3-6,10,12-16,18,22-24H2,1-2H3,(H,47,55,56)(H,44,45,46,48)/t30-,31-,34?/m1/s1. The number of rotatable bonds is 9. The summed E-state index contributed by atoms with van der Waals surface area (Å²) in [6, 6.07) is 11.5. The van der Waals surface area contributed by atoms with Gasteiger partial charge in [0.25, 0.3) is 17.7 Å². The van der Waals surface area contributed by atoms with E-state index in [4.69, 9.17) is 9.97 Å². The summed E-state index contributed by atoms with van der Waals surface area (Å²) < 4.78 is 2.12. The molecule has 4 aromatic rings. The highest BCUT2D eigenvalue weighted by atomic mass is 16.2. The number of fused-ring (bicyclic) bond motifs is 4. The fourth-order valence-corrected chi connectivity index (χ4v) is 10.4. The number of benzene rings is 1. The number of piperazine rings is 1. The Morgan fingerprint density at radius 2 is 1.63 bits per heavy atom. The molecule has 5 aliphatic heterocycles. The number of piperidine rings is 2. The minimum atomic E-state index is -0.965. The molecule has 6 aliphatic rings. The molecule has 2 N–H and O–H groups in total. The molecule has 16 nitrogen and oxygen atoms in total. The van der Waals surface area contributed by atoms with Crippen LogP contribution in [-0.4, -0.2) is 129 Å². The lowest BCUT2D eigenvalue weighted by Crippen LogP contribution is -2.54. The third-order valence-corrected chi connectivity index (χ3v) is 13.5. The highest BCUT2D eigenvalue weighted by Crippen LogP contribution is 2.39. The molecule has 0 radical (unpaired) electrons. The normalized spacial score (nSPS) is 23.8. The lowest BCUT2D eigenvalue weighted by Gasteiger charge is -2.39. The number of nitrogens with zero attached hydrogens (tertiary/aromatic N) is 9. The van der Waals surface area contributed by atoms with Gasteiger partial charge < -0.3 is 24.6 Å². The van der Waals surface area contributed by atoms with Crippen LogP contribution >= 0.6 is 0 Å². The Morgan fingerprint density at radius 3 is 2.34 bits per heavy atom. The van der Waals surface area contributed by atoms with E-state index < -0.39 is 23.8 Å². The molecule has 5 fully saturated rings. The van der Waals surface area contributed by atoms with Crippen LogP contribution in [0.25, 0.3) is 11.0 Å². The monoisotopic (exact) mass is 799 g/mol. The first-order chi connectivity index (χ1) is 28.6. The van der Waals surface area contributed by atoms with Crippen LogP contribution in [0.1, 0.15) is 95.0 Å². The first-order valence-corrected chi connectivity index (χ1v) is 21.0. The number of hydrogen-bond acceptors (Lipinski definition) is 12. The minimum absolute atomic E-state index is 0.0296. The zero-order chi connectivity index (χ0) is 40.5. The molecule has 1 unspecified atom stereocenters. The van der Waals surface area contributed by atoms with E-state index in [2.05, 4.69) is 41.0 Å². The van der Waals surface area contributed by atoms with E-state index in [-0.39, 0.29) is 30.7 Å². The van der Waals surface area contributed by atoms with Crippen LogP contribution in [0.4, 0.5) is 23.1 Å². The van der Waals surface area contributed by atoms with Gasteiger partial charge in [0.1, 0.15) is 23.2 Å². The molecule has 1 saturated carbocycles. The number of hydrogen-bond donors (Lipinski definition) is 2. The topological polar surface area (TPSA) is 169 Å². The molecule has 4 saturated heterocycles. The predicted molar refractivity (Wildman–Crippen MR) is 220 cm³/mol. The smallest absolute Gasteiger partial charge is 0.270 e. The SMILES string of the molecule is CN(C)C(=O)c1cc2cnc(Nc3ccc(N4CCC(CN5C[C@H]6C[C@@H]5CN6c5ccc6c(c5)C(=O)N(C5CCC(=O)NC5=O)C6=O)CC4)cn3)nc2n1C1CCCC1. The van der Waals surface area contributed by atoms with Crippen molar-refractivity contribution in [1.82, 2.24) is 39.5 Å². The van der Waals surface area contributed by atoms with Crippen molar-refractivity contribution in [3.63, 3.8) is 0 Å². The Kier molecular flexibility index (Phi) is 9.33. The van der Waals surface area contributed by atoms with E-state index in [0.717, 1.165) is 105 Å². The summed E-state index contributed by atoms with van der Waals surface area (Å²) in [7, 11) is 3.56. The zero-order valence-electron chi connectivity index (χ0n) is 33.5. The van der Waals surface area contributed by atoms with Crippen LogP contribution in [0.5, 0.6) is 0 Å². The number of aromatic nitrogens is 4. The van der Waals surface area contributed by atoms with Crippen LogP contribution in [0.3, 0.4) is 0 Å². The second-order valence-electron chi connectivity index (χ2n) is 17.3. The maximum absolute atomic E-state index is 13.4. The van der Waals surface area contributed by atoms with Gasteiger partial charge in [-0.3, -0.25) is 39.1 Å². The van der Waals surface area contributed by atoms with Gasteiger partial charge in [-0.05, 0) is 80.8 Å². The van der Waals surface area contributed by atoms with Crippen molar-refractivity contribution >= 4 is 63.7 Å². The minimum Gasteiger partial charge on any atom is -0.370 e. The van der Waals surface area contributed by atoms with Crippen molar-refractivity contribution in [1.29, 1.82) is 0 Å². The molecule has 0 spiro atoms. The van der Waals surface area contributed by atoms with Crippen molar-refractivity contribution < 1.29 is 24.0 Å². The largest absolute Gasteiger partial charge is 0.370 e. The molecule has 2 bridgehead atoms. The summed E-state index contributed by atoms with van der Waals surface area (Å²) in [4.78, 5) is 88.1. The van der Waals surface area contributed by atoms with E-state index in [1.807, 2.05) is 30.5 Å². The number of imide groups is 2. The highest BCUT2D eigenvalue weighted by molar-refractivity contribution is 6.23. The average Bonchev–Trinajstić information content (AvgIpc) is 4.08. The van der Waals surface area contributed by atoms with Gasteiger partial charge in [0, 0.05) is 88.6 Å². The number of carbonyl (C=O) groups excluding carboxylic acids is 5. The van der Waals surface area contributed by atoms with Crippen LogP contribution in [-0.2, 0) is 9.59 Å². The van der Waals surface area contributed by atoms with E-state index in [9.17, 15) is 24.0 Å². The predicted octanol–water partition coefficient (Wildman–Crippen LogP) is 3.97. The lowest BCUT2D eigenvalue weighted by molar-refractivity contribution is -0.136. The molecule has 3 atom stereocenters. The molecule has 1 aromatic carbocycles. The quantitative estimate of drug-likeness (QED) is 0.234. The first-order valence-electron chi connectivity index (χ1n) is 21.0. The summed E-state index contributed by atoms with van der Waals surface area (Å²) in [6.07, 6.45) is 11.6. The van der Waals surface area contributed by atoms with Crippen LogP contribution in [0.15, 0.2) is 48.8 Å². The van der Waals surface area contributed by atoms with Crippen LogP contribution < -0.4 is 20.4 Å². The van der Waals surface area contributed by atoms with Crippen LogP contribution in [0, 0.1) is 5.92 Å². The Hall–Kier alpha value is -5.90. The molecule has 8 heterocycles. The summed E-state index contributed by atoms with van der Waals surface area (Å²) in [6.45, 7) is 4.85. The van der Waals surface area contributed by atoms with Gasteiger partial charge in [-0.25, -0.2) is 9.97 Å². The number of pyridine rings is 1. The van der Waals surface area contributed by atoms with Gasteiger partial charge in [0.15, 0.2) is 0 Å². The lowest BCUT2D eigenvalue weighted by atomic mass is 9.95. The summed E-state index contributed by atoms with van der Waals surface area (Å²) in [5, 5.41) is 6.40. The summed E-state index contributed by atoms with van der Waals surface area (Å²) in [5.41, 5.74) is 4.10. The third kappa shape index (κ3) is 6.66. The Balaban J connectivity index is 0.728. The van der Waals surface area contributed by atoms with Gasteiger partial charge >= 0.3 is 0 Å². The van der Waals surface area contributed by atoms with Gasteiger partial charge in [0.05, 0.1) is 23.0 Å². The summed E-state index contributed by atoms with van der Waals surface area (Å²) >= 11 is 0. The van der Waals surface area contributed by atoms with Gasteiger partial charge in [-0.1, -0.05) is 12.8 Å². The van der Waals surface area contributed by atoms with Crippen molar-refractivity contribution in [3.05, 3.63) is 65.6 Å². The Morgan fingerprint density at radius 1 is 0.847 bits per heavy atom. The number of anilines is 4. The number of likely N-dealkylation sites (tertiary alicyclic amines) is 1. The van der Waals surface area contributed by atoms with E-state index >= 15 is 0 Å². The summed E-state index contributed by atoms with van der Waals surface area (Å²) in [5.74, 6) is -0.224. The number of carbonyl (C=O) groups is 5. The van der Waals surface area contributed by atoms with Gasteiger partial charge in [0.2, 0.25) is 17.8 Å². The van der Waals surface area contributed by atoms with E-state index in [1.165, 1.54) is 0 Å². The fourth-order valence-electron chi connectivity index (χ4n) is 10.4. The van der Waals surface area contributed by atoms with Gasteiger partial charge in [-0.15, -0.1) is 0 Å². The van der Waals surface area contributed by atoms with Crippen LogP contribution in [0.2, 0.25) is 0 Å². The fraction of sp³-hybridized carbons (Fsp3) is 0.488. The van der Waals surface area contributed by atoms with Gasteiger partial charge in [-0.2, -0.15) is 4.98 Å². The third-order valence-electron chi connectivity index (χ3n) is 13.5. The molecule has 3 aromatic heterocycles. The first kappa shape index (κ1) is 37.4. The molecule has 59 heavy (non-hydrogen) atoms. The molecular formula is C43H49N11O5. The number of nitrogens with one attached hydrogen (secondary N) is 2. The Bertz CT molecular complexity index is 2360. The Labute approximate surface area is 341 Å². The average molecular weight is 800 g/mol. The maximum atomic E-state index is 13.4.